The van der Waals surface area contributed by atoms with Crippen LogP contribution in [0.3, 0.4) is 0 Å². The molecule has 0 radical (unpaired) electrons. The van der Waals surface area contributed by atoms with Crippen LogP contribution in [0.1, 0.15) is 57.4 Å². The van der Waals surface area contributed by atoms with Crippen molar-refractivity contribution in [2.75, 3.05) is 26.7 Å². The third-order valence-corrected chi connectivity index (χ3v) is 8.17. The van der Waals surface area contributed by atoms with Crippen LogP contribution in [-0.4, -0.2) is 72.3 Å². The van der Waals surface area contributed by atoms with E-state index in [-0.39, 0.29) is 41.6 Å². The molecule has 1 aliphatic carbocycles. The van der Waals surface area contributed by atoms with E-state index in [2.05, 4.69) is 22.8 Å². The zero-order valence-corrected chi connectivity index (χ0v) is 20.7. The number of piperidine rings is 1. The lowest BCUT2D eigenvalue weighted by Gasteiger charge is -2.40. The van der Waals surface area contributed by atoms with Gasteiger partial charge in [-0.25, -0.2) is 0 Å². The molecule has 0 spiro atoms. The van der Waals surface area contributed by atoms with Gasteiger partial charge in [-0.2, -0.15) is 0 Å². The summed E-state index contributed by atoms with van der Waals surface area (Å²) in [6, 6.07) is 8.93. The number of amides is 3. The highest BCUT2D eigenvalue weighted by atomic mass is 16.2. The normalized spacial score (nSPS) is 25.1. The Morgan fingerprint density at radius 2 is 1.74 bits per heavy atom. The van der Waals surface area contributed by atoms with Gasteiger partial charge in [0.25, 0.3) is 0 Å². The second kappa shape index (κ2) is 11.3. The first kappa shape index (κ1) is 24.7. The zero-order chi connectivity index (χ0) is 24.1. The molecule has 3 amide bonds. The summed E-state index contributed by atoms with van der Waals surface area (Å²) >= 11 is 0. The molecule has 3 aliphatic rings. The van der Waals surface area contributed by atoms with Crippen LogP contribution in [0.15, 0.2) is 30.3 Å². The fraction of sp³-hybridized carbons (Fsp3) is 0.667. The second-order valence-corrected chi connectivity index (χ2v) is 10.3. The van der Waals surface area contributed by atoms with Crippen molar-refractivity contribution in [3.05, 3.63) is 35.9 Å². The van der Waals surface area contributed by atoms with Gasteiger partial charge in [-0.05, 0) is 63.5 Å². The SMILES string of the molecule is CN[C@H](C)C(=O)N[C@H](C(=O)N1CC[C@H]2CCN(CCc3ccccc3)C(=O)[C@H]21)C1CCCCC1. The molecule has 1 aromatic carbocycles. The first-order chi connectivity index (χ1) is 16.5. The smallest absolute Gasteiger partial charge is 0.246 e. The van der Waals surface area contributed by atoms with Crippen molar-refractivity contribution in [1.82, 2.24) is 20.4 Å². The molecule has 7 nitrogen and oxygen atoms in total. The monoisotopic (exact) mass is 468 g/mol. The number of nitrogens with one attached hydrogen (secondary N) is 2. The van der Waals surface area contributed by atoms with Crippen LogP contribution in [0.2, 0.25) is 0 Å². The summed E-state index contributed by atoms with van der Waals surface area (Å²) in [5.74, 6) is 0.232. The fourth-order valence-electron chi connectivity index (χ4n) is 5.93. The Hall–Kier alpha value is -2.41. The molecule has 4 rings (SSSR count). The van der Waals surface area contributed by atoms with Gasteiger partial charge in [0.2, 0.25) is 17.7 Å². The maximum Gasteiger partial charge on any atom is 0.246 e. The second-order valence-electron chi connectivity index (χ2n) is 10.3. The molecule has 2 heterocycles. The number of fused-ring (bicyclic) bond motifs is 1. The van der Waals surface area contributed by atoms with E-state index < -0.39 is 6.04 Å². The largest absolute Gasteiger partial charge is 0.343 e. The average molecular weight is 469 g/mol. The molecule has 0 bridgehead atoms. The Balaban J connectivity index is 1.47. The number of carbonyl (C=O) groups is 3. The van der Waals surface area contributed by atoms with Crippen LogP contribution in [0.4, 0.5) is 0 Å². The van der Waals surface area contributed by atoms with Crippen LogP contribution in [0.5, 0.6) is 0 Å². The number of nitrogens with zero attached hydrogens (tertiary/aromatic N) is 2. The van der Waals surface area contributed by atoms with Crippen molar-refractivity contribution in [2.45, 2.75) is 76.4 Å². The van der Waals surface area contributed by atoms with Crippen LogP contribution < -0.4 is 10.6 Å². The summed E-state index contributed by atoms with van der Waals surface area (Å²) in [5, 5.41) is 6.03. The van der Waals surface area contributed by atoms with E-state index in [1.54, 1.807) is 14.0 Å². The van der Waals surface area contributed by atoms with Gasteiger partial charge in [0.1, 0.15) is 12.1 Å². The van der Waals surface area contributed by atoms with Crippen molar-refractivity contribution in [1.29, 1.82) is 0 Å². The molecule has 186 valence electrons. The Bertz CT molecular complexity index is 855. The summed E-state index contributed by atoms with van der Waals surface area (Å²) in [7, 11) is 1.75. The predicted molar refractivity (Wildman–Crippen MR) is 132 cm³/mol. The molecule has 0 aromatic heterocycles. The van der Waals surface area contributed by atoms with Crippen LogP contribution >= 0.6 is 0 Å². The molecular formula is C27H40N4O3. The van der Waals surface area contributed by atoms with Crippen molar-refractivity contribution in [3.8, 4) is 0 Å². The van der Waals surface area contributed by atoms with Gasteiger partial charge in [-0.1, -0.05) is 49.6 Å². The van der Waals surface area contributed by atoms with Crippen LogP contribution in [0, 0.1) is 11.8 Å². The lowest BCUT2D eigenvalue weighted by molar-refractivity contribution is -0.150. The molecule has 3 fully saturated rings. The number of hydrogen-bond acceptors (Lipinski definition) is 4. The highest BCUT2D eigenvalue weighted by Crippen LogP contribution is 2.35. The minimum Gasteiger partial charge on any atom is -0.343 e. The quantitative estimate of drug-likeness (QED) is 0.614. The number of hydrogen-bond donors (Lipinski definition) is 2. The summed E-state index contributed by atoms with van der Waals surface area (Å²) in [6.45, 7) is 3.85. The highest BCUT2D eigenvalue weighted by Gasteiger charge is 2.48. The van der Waals surface area contributed by atoms with E-state index in [1.807, 2.05) is 28.0 Å². The standard InChI is InChI=1S/C27H40N4O3/c1-19(28-2)25(32)29-23(21-11-7-4-8-12-21)26(33)31-18-15-22-14-17-30(27(34)24(22)31)16-13-20-9-5-3-6-10-20/h3,5-6,9-10,19,21-24,28H,4,7-8,11-18H2,1-2H3,(H,29,32)/t19-,22-,23+,24+/m1/s1. The maximum atomic E-state index is 13.9. The van der Waals surface area contributed by atoms with Gasteiger partial charge < -0.3 is 20.4 Å². The van der Waals surface area contributed by atoms with Crippen LogP contribution in [-0.2, 0) is 20.8 Å². The molecule has 2 N–H and O–H groups in total. The topological polar surface area (TPSA) is 81.8 Å². The first-order valence-electron chi connectivity index (χ1n) is 13.1. The third kappa shape index (κ3) is 5.45. The van der Waals surface area contributed by atoms with E-state index in [0.717, 1.165) is 51.5 Å². The molecule has 0 unspecified atom stereocenters. The molecule has 34 heavy (non-hydrogen) atoms. The lowest BCUT2D eigenvalue weighted by Crippen LogP contribution is -2.60. The van der Waals surface area contributed by atoms with Crippen molar-refractivity contribution in [3.63, 3.8) is 0 Å². The van der Waals surface area contributed by atoms with E-state index in [0.29, 0.717) is 13.1 Å². The Morgan fingerprint density at radius 1 is 1.03 bits per heavy atom. The zero-order valence-electron chi connectivity index (χ0n) is 20.7. The predicted octanol–water partition coefficient (Wildman–Crippen LogP) is 2.35. The number of likely N-dealkylation sites (N-methyl/N-ethyl adjacent to an activating group) is 1. The lowest BCUT2D eigenvalue weighted by atomic mass is 9.83. The first-order valence-corrected chi connectivity index (χ1v) is 13.1. The number of rotatable bonds is 8. The highest BCUT2D eigenvalue weighted by molar-refractivity contribution is 5.94. The molecule has 4 atom stereocenters. The summed E-state index contributed by atoms with van der Waals surface area (Å²) in [6.07, 6.45) is 7.88. The van der Waals surface area contributed by atoms with E-state index in [1.165, 1.54) is 12.0 Å². The number of carbonyl (C=O) groups excluding carboxylic acids is 3. The Kier molecular flexibility index (Phi) is 8.24. The van der Waals surface area contributed by atoms with Gasteiger partial charge in [0.05, 0.1) is 6.04 Å². The molecule has 1 aromatic rings. The minimum absolute atomic E-state index is 0.0608. The summed E-state index contributed by atoms with van der Waals surface area (Å²) < 4.78 is 0. The number of benzene rings is 1. The third-order valence-electron chi connectivity index (χ3n) is 8.17. The van der Waals surface area contributed by atoms with Crippen molar-refractivity contribution in [2.24, 2.45) is 11.8 Å². The molecular weight excluding hydrogens is 428 g/mol. The maximum absolute atomic E-state index is 13.9. The van der Waals surface area contributed by atoms with Gasteiger partial charge in [-0.3, -0.25) is 14.4 Å². The molecule has 2 aliphatic heterocycles. The molecule has 1 saturated carbocycles. The van der Waals surface area contributed by atoms with Gasteiger partial charge in [0.15, 0.2) is 0 Å². The average Bonchev–Trinajstić information content (AvgIpc) is 3.32. The van der Waals surface area contributed by atoms with Gasteiger partial charge in [-0.15, -0.1) is 0 Å². The van der Waals surface area contributed by atoms with E-state index in [9.17, 15) is 14.4 Å². The van der Waals surface area contributed by atoms with Crippen molar-refractivity contribution < 1.29 is 14.4 Å². The van der Waals surface area contributed by atoms with Gasteiger partial charge >= 0.3 is 0 Å². The summed E-state index contributed by atoms with van der Waals surface area (Å²) in [5.41, 5.74) is 1.22. The minimum atomic E-state index is -0.546. The van der Waals surface area contributed by atoms with E-state index in [4.69, 9.17) is 0 Å². The van der Waals surface area contributed by atoms with E-state index >= 15 is 0 Å². The number of likely N-dealkylation sites (tertiary alicyclic amines) is 2. The Morgan fingerprint density at radius 3 is 2.44 bits per heavy atom. The molecule has 7 heteroatoms. The Labute approximate surface area is 203 Å². The summed E-state index contributed by atoms with van der Waals surface area (Å²) in [4.78, 5) is 43.9. The van der Waals surface area contributed by atoms with Crippen LogP contribution in [0.25, 0.3) is 0 Å². The molecule has 2 saturated heterocycles. The van der Waals surface area contributed by atoms with Gasteiger partial charge in [0, 0.05) is 19.6 Å². The fourth-order valence-corrected chi connectivity index (χ4v) is 5.93. The van der Waals surface area contributed by atoms with Crippen molar-refractivity contribution >= 4 is 17.7 Å².